The van der Waals surface area contributed by atoms with Crippen molar-refractivity contribution < 1.29 is 17.9 Å². The maximum absolute atomic E-state index is 13.4. The summed E-state index contributed by atoms with van der Waals surface area (Å²) in [7, 11) is 0. The van der Waals surface area contributed by atoms with E-state index in [-0.39, 0.29) is 0 Å². The summed E-state index contributed by atoms with van der Waals surface area (Å²) in [4.78, 5) is 3.10. The van der Waals surface area contributed by atoms with Crippen LogP contribution in [0.2, 0.25) is 0 Å². The summed E-state index contributed by atoms with van der Waals surface area (Å²) in [6.07, 6.45) is 0. The van der Waals surface area contributed by atoms with E-state index in [0.717, 1.165) is 15.6 Å². The minimum absolute atomic E-state index is 0.301. The molecule has 6 heteroatoms. The van der Waals surface area contributed by atoms with Crippen LogP contribution in [0.3, 0.4) is 0 Å². The monoisotopic (exact) mass is 331 g/mol. The number of aromatic nitrogens is 1. The van der Waals surface area contributed by atoms with Gasteiger partial charge in [-0.1, -0.05) is 15.9 Å². The largest absolute Gasteiger partial charge is 0.436 e. The van der Waals surface area contributed by atoms with Gasteiger partial charge in [-0.05, 0) is 37.1 Å². The van der Waals surface area contributed by atoms with E-state index < -0.39 is 23.5 Å². The Hall–Kier alpha value is -1.56. The first-order valence-corrected chi connectivity index (χ1v) is 6.14. The topological polar surface area (TPSA) is 22.1 Å². The van der Waals surface area contributed by atoms with Gasteiger partial charge in [-0.2, -0.15) is 9.37 Å². The lowest BCUT2D eigenvalue weighted by atomic mass is 10.1. The first-order valence-electron chi connectivity index (χ1n) is 5.34. The fourth-order valence-electron chi connectivity index (χ4n) is 1.58. The van der Waals surface area contributed by atoms with Crippen molar-refractivity contribution in [1.82, 2.24) is 4.98 Å². The van der Waals surface area contributed by atoms with Gasteiger partial charge in [0.1, 0.15) is 5.75 Å². The van der Waals surface area contributed by atoms with Gasteiger partial charge >= 0.3 is 0 Å². The summed E-state index contributed by atoms with van der Waals surface area (Å²) in [5.74, 6) is -4.11. The van der Waals surface area contributed by atoms with Gasteiger partial charge in [-0.25, -0.2) is 8.78 Å². The van der Waals surface area contributed by atoms with Gasteiger partial charge in [0.15, 0.2) is 11.6 Å². The van der Waals surface area contributed by atoms with Crippen molar-refractivity contribution in [3.05, 3.63) is 51.4 Å². The molecule has 0 N–H and O–H groups in total. The van der Waals surface area contributed by atoms with Crippen LogP contribution < -0.4 is 4.74 Å². The fourth-order valence-corrected chi connectivity index (χ4v) is 1.81. The van der Waals surface area contributed by atoms with Crippen molar-refractivity contribution in [2.45, 2.75) is 13.8 Å². The van der Waals surface area contributed by atoms with Crippen molar-refractivity contribution in [3.8, 4) is 11.6 Å². The predicted molar refractivity (Wildman–Crippen MR) is 67.8 cm³/mol. The molecular weight excluding hydrogens is 323 g/mol. The molecule has 1 heterocycles. The van der Waals surface area contributed by atoms with E-state index in [4.69, 9.17) is 4.74 Å². The van der Waals surface area contributed by atoms with Crippen LogP contribution in [0.1, 0.15) is 11.1 Å². The smallest absolute Gasteiger partial charge is 0.258 e. The van der Waals surface area contributed by atoms with Crippen LogP contribution >= 0.6 is 15.9 Å². The minimum Gasteiger partial charge on any atom is -0.436 e. The minimum atomic E-state index is -1.40. The molecule has 2 nitrogen and oxygen atoms in total. The molecule has 2 rings (SSSR count). The summed E-state index contributed by atoms with van der Waals surface area (Å²) in [6, 6.07) is 3.68. The van der Waals surface area contributed by atoms with Gasteiger partial charge < -0.3 is 4.74 Å². The van der Waals surface area contributed by atoms with Crippen molar-refractivity contribution in [2.75, 3.05) is 0 Å². The Morgan fingerprint density at radius 3 is 2.16 bits per heavy atom. The maximum atomic E-state index is 13.4. The molecule has 0 amide bonds. The summed E-state index contributed by atoms with van der Waals surface area (Å²) < 4.78 is 45.1. The number of ether oxygens (including phenoxy) is 1. The third kappa shape index (κ3) is 2.89. The Labute approximate surface area is 116 Å². The normalized spacial score (nSPS) is 10.6. The number of hydrogen-bond acceptors (Lipinski definition) is 2. The lowest BCUT2D eigenvalue weighted by molar-refractivity contribution is 0.386. The molecule has 0 unspecified atom stereocenters. The number of rotatable bonds is 2. The molecular formula is C13H9BrF3NO. The molecule has 0 bridgehead atoms. The average molecular weight is 332 g/mol. The highest BCUT2D eigenvalue weighted by Crippen LogP contribution is 2.30. The average Bonchev–Trinajstić information content (AvgIpc) is 2.33. The number of benzene rings is 1. The van der Waals surface area contributed by atoms with Gasteiger partial charge in [0, 0.05) is 10.5 Å². The molecule has 0 saturated heterocycles. The van der Waals surface area contributed by atoms with Crippen LogP contribution in [0, 0.1) is 31.4 Å². The van der Waals surface area contributed by atoms with Gasteiger partial charge in [0.05, 0.1) is 0 Å². The van der Waals surface area contributed by atoms with Gasteiger partial charge in [-0.15, -0.1) is 0 Å². The SMILES string of the molecule is Cc1cc(Oc2nc(F)c(F)cc2F)cc(C)c1Br. The Morgan fingerprint density at radius 2 is 1.58 bits per heavy atom. The Morgan fingerprint density at radius 1 is 1.00 bits per heavy atom. The summed E-state index contributed by atoms with van der Waals surface area (Å²) in [6.45, 7) is 3.66. The summed E-state index contributed by atoms with van der Waals surface area (Å²) >= 11 is 3.38. The van der Waals surface area contributed by atoms with Crippen LogP contribution in [0.15, 0.2) is 22.7 Å². The zero-order valence-corrected chi connectivity index (χ0v) is 11.7. The van der Waals surface area contributed by atoms with Crippen molar-refractivity contribution in [2.24, 2.45) is 0 Å². The number of hydrogen-bond donors (Lipinski definition) is 0. The van der Waals surface area contributed by atoms with E-state index in [9.17, 15) is 13.2 Å². The molecule has 0 saturated carbocycles. The quantitative estimate of drug-likeness (QED) is 0.746. The standard InChI is InChI=1S/C13H9BrF3NO/c1-6-3-8(4-7(2)11(6)14)19-13-10(16)5-9(15)12(17)18-13/h3-5H,1-2H3. The summed E-state index contributed by atoms with van der Waals surface area (Å²) in [5, 5.41) is 0. The highest BCUT2D eigenvalue weighted by Gasteiger charge is 2.14. The van der Waals surface area contributed by atoms with E-state index in [1.54, 1.807) is 12.1 Å². The molecule has 0 atom stereocenters. The highest BCUT2D eigenvalue weighted by molar-refractivity contribution is 9.10. The summed E-state index contributed by atoms with van der Waals surface area (Å²) in [5.41, 5.74) is 1.75. The number of pyridine rings is 1. The number of halogens is 4. The van der Waals surface area contributed by atoms with Gasteiger partial charge in [0.25, 0.3) is 11.8 Å². The number of aryl methyl sites for hydroxylation is 2. The van der Waals surface area contributed by atoms with Crippen molar-refractivity contribution in [1.29, 1.82) is 0 Å². The van der Waals surface area contributed by atoms with E-state index in [0.29, 0.717) is 11.8 Å². The zero-order chi connectivity index (χ0) is 14.2. The second-order valence-electron chi connectivity index (χ2n) is 4.02. The lowest BCUT2D eigenvalue weighted by Crippen LogP contribution is -1.98. The molecule has 0 aliphatic rings. The third-order valence-electron chi connectivity index (χ3n) is 2.48. The maximum Gasteiger partial charge on any atom is 0.258 e. The van der Waals surface area contributed by atoms with Crippen LogP contribution in [-0.2, 0) is 0 Å². The molecule has 1 aromatic carbocycles. The van der Waals surface area contributed by atoms with Crippen LogP contribution in [0.25, 0.3) is 0 Å². The van der Waals surface area contributed by atoms with Crippen molar-refractivity contribution >= 4 is 15.9 Å². The molecule has 0 aliphatic carbocycles. The molecule has 0 spiro atoms. The Balaban J connectivity index is 2.39. The predicted octanol–water partition coefficient (Wildman–Crippen LogP) is 4.67. The first kappa shape index (κ1) is 13.9. The lowest BCUT2D eigenvalue weighted by Gasteiger charge is -2.09. The molecule has 0 radical (unpaired) electrons. The van der Waals surface area contributed by atoms with Crippen LogP contribution in [0.4, 0.5) is 13.2 Å². The van der Waals surface area contributed by atoms with E-state index in [1.807, 2.05) is 13.8 Å². The van der Waals surface area contributed by atoms with E-state index in [2.05, 4.69) is 20.9 Å². The zero-order valence-electron chi connectivity index (χ0n) is 10.1. The van der Waals surface area contributed by atoms with Crippen molar-refractivity contribution in [3.63, 3.8) is 0 Å². The Bertz CT molecular complexity index is 623. The molecule has 0 fully saturated rings. The second kappa shape index (κ2) is 5.21. The van der Waals surface area contributed by atoms with Crippen LogP contribution in [0.5, 0.6) is 11.6 Å². The Kier molecular flexibility index (Phi) is 3.80. The molecule has 1 aromatic heterocycles. The van der Waals surface area contributed by atoms with Gasteiger partial charge in [-0.3, -0.25) is 0 Å². The molecule has 100 valence electrons. The third-order valence-corrected chi connectivity index (χ3v) is 3.73. The number of nitrogens with zero attached hydrogens (tertiary/aromatic N) is 1. The van der Waals surface area contributed by atoms with E-state index >= 15 is 0 Å². The molecule has 2 aromatic rings. The fraction of sp³-hybridized carbons (Fsp3) is 0.154. The molecule has 0 aliphatic heterocycles. The first-order chi connectivity index (χ1) is 8.88. The van der Waals surface area contributed by atoms with E-state index in [1.165, 1.54) is 0 Å². The highest BCUT2D eigenvalue weighted by atomic mass is 79.9. The molecule has 19 heavy (non-hydrogen) atoms. The van der Waals surface area contributed by atoms with Gasteiger partial charge in [0.2, 0.25) is 0 Å². The second-order valence-corrected chi connectivity index (χ2v) is 4.81. The van der Waals surface area contributed by atoms with Crippen LogP contribution in [-0.4, -0.2) is 4.98 Å².